The first-order valence-corrected chi connectivity index (χ1v) is 30.2. The van der Waals surface area contributed by atoms with Crippen LogP contribution in [0.25, 0.3) is 0 Å². The van der Waals surface area contributed by atoms with Crippen LogP contribution in [0.5, 0.6) is 23.0 Å². The fourth-order valence-corrected chi connectivity index (χ4v) is 11.4. The zero-order valence-corrected chi connectivity index (χ0v) is 51.1. The number of methoxy groups -OCH3 is 4. The average Bonchev–Trinajstić information content (AvgIpc) is 1.24. The second-order valence-corrected chi connectivity index (χ2v) is 21.3. The third kappa shape index (κ3) is 16.9. The average molecular weight is 1230 g/mol. The van der Waals surface area contributed by atoms with Gasteiger partial charge in [0.05, 0.1) is 113 Å². The van der Waals surface area contributed by atoms with E-state index < -0.39 is 49.8 Å². The summed E-state index contributed by atoms with van der Waals surface area (Å²) in [7, 11) is 4.37. The maximum atomic E-state index is 13.9. The van der Waals surface area contributed by atoms with Crippen LogP contribution in [0, 0.1) is 11.3 Å². The zero-order chi connectivity index (χ0) is 62.1. The van der Waals surface area contributed by atoms with Gasteiger partial charge in [0.1, 0.15) is 52.3 Å². The number of anilines is 1. The highest BCUT2D eigenvalue weighted by Crippen LogP contribution is 2.48. The summed E-state index contributed by atoms with van der Waals surface area (Å²) < 4.78 is 81.2. The molecule has 464 valence electrons. The van der Waals surface area contributed by atoms with Crippen molar-refractivity contribution in [3.8, 4) is 29.1 Å². The summed E-state index contributed by atoms with van der Waals surface area (Å²) in [6.07, 6.45) is -0.829. The van der Waals surface area contributed by atoms with Crippen LogP contribution in [0.3, 0.4) is 0 Å². The van der Waals surface area contributed by atoms with Crippen molar-refractivity contribution in [1.29, 1.82) is 5.26 Å². The summed E-state index contributed by atoms with van der Waals surface area (Å²) in [5, 5.41) is 12.2. The standard InChI is InChI=1S/C69H73N4O15P/c1-76-58-29-21-54(22-30-58)68(52-17-10-6-11-18-52,55-23-31-59(77-2)32-24-55)83-47-45-81-43-41-80-42-44-82-46-48-86-89(85-40-14-38-70)88-62-49-65(73-39-37-64(72-67(73)75)71-66(74)51-15-8-5-9-16-51)87-63(62)50-84-69(53-19-12-7-13-20-53,56-25-33-60(78-3)34-26-56)57-27-35-61(79-4)36-28-57/h5-13,15-37,39,62-63,65H,14,40-50H2,1-4H3,(H,71,72,74,75)/t62-,63+,65+,89?/m0/s1. The van der Waals surface area contributed by atoms with Crippen LogP contribution in [0.4, 0.5) is 5.82 Å². The van der Waals surface area contributed by atoms with E-state index in [-0.39, 0.29) is 58.3 Å². The summed E-state index contributed by atoms with van der Waals surface area (Å²) in [5.74, 6) is 2.44. The molecule has 8 aromatic rings. The van der Waals surface area contributed by atoms with E-state index in [9.17, 15) is 14.9 Å². The van der Waals surface area contributed by atoms with E-state index in [1.54, 1.807) is 58.8 Å². The Morgan fingerprint density at radius 3 is 1.42 bits per heavy atom. The highest BCUT2D eigenvalue weighted by molar-refractivity contribution is 7.41. The second-order valence-electron chi connectivity index (χ2n) is 20.1. The van der Waals surface area contributed by atoms with E-state index >= 15 is 0 Å². The van der Waals surface area contributed by atoms with Crippen LogP contribution in [0.2, 0.25) is 0 Å². The fraction of sp³-hybridized carbons (Fsp3) is 0.304. The van der Waals surface area contributed by atoms with Crippen molar-refractivity contribution in [3.63, 3.8) is 0 Å². The lowest BCUT2D eigenvalue weighted by molar-refractivity contribution is -0.0932. The summed E-state index contributed by atoms with van der Waals surface area (Å²) in [4.78, 5) is 31.1. The quantitative estimate of drug-likeness (QED) is 0.0223. The van der Waals surface area contributed by atoms with E-state index in [4.69, 9.17) is 60.9 Å². The molecule has 1 aromatic heterocycles. The molecule has 0 aliphatic carbocycles. The molecular weight excluding hydrogens is 1160 g/mol. The number of carbonyl (C=O) groups excluding carboxylic acids is 1. The molecule has 7 aromatic carbocycles. The molecule has 9 rings (SSSR count). The number of amides is 1. The van der Waals surface area contributed by atoms with Gasteiger partial charge in [0, 0.05) is 18.2 Å². The number of ether oxygens (including phenoxy) is 10. The molecule has 2 heterocycles. The van der Waals surface area contributed by atoms with Crippen molar-refractivity contribution < 1.29 is 65.7 Å². The Hall–Kier alpha value is -8.35. The number of benzene rings is 7. The van der Waals surface area contributed by atoms with Crippen molar-refractivity contribution in [3.05, 3.63) is 250 Å². The number of nitriles is 1. The number of nitrogens with zero attached hydrogens (tertiary/aromatic N) is 3. The Bertz CT molecular complexity index is 3410. The molecule has 4 atom stereocenters. The van der Waals surface area contributed by atoms with Gasteiger partial charge in [0.25, 0.3) is 5.91 Å². The fourth-order valence-electron chi connectivity index (χ4n) is 10.3. The van der Waals surface area contributed by atoms with Gasteiger partial charge in [-0.2, -0.15) is 10.2 Å². The monoisotopic (exact) mass is 1230 g/mol. The molecule has 0 saturated carbocycles. The predicted molar refractivity (Wildman–Crippen MR) is 334 cm³/mol. The largest absolute Gasteiger partial charge is 0.497 e. The first-order valence-electron chi connectivity index (χ1n) is 29.1. The minimum atomic E-state index is -2.13. The highest BCUT2D eigenvalue weighted by Gasteiger charge is 2.45. The van der Waals surface area contributed by atoms with E-state index in [0.717, 1.165) is 44.9 Å². The van der Waals surface area contributed by atoms with Gasteiger partial charge < -0.3 is 66.3 Å². The molecular formula is C69H73N4O15P. The van der Waals surface area contributed by atoms with Crippen LogP contribution >= 0.6 is 8.60 Å². The van der Waals surface area contributed by atoms with Crippen molar-refractivity contribution in [2.24, 2.45) is 0 Å². The normalized spacial score (nSPS) is 15.2. The van der Waals surface area contributed by atoms with Crippen LogP contribution in [-0.4, -0.2) is 122 Å². The molecule has 1 fully saturated rings. The number of carbonyl (C=O) groups is 1. The van der Waals surface area contributed by atoms with E-state index in [2.05, 4.69) is 28.5 Å². The number of aromatic nitrogens is 2. The van der Waals surface area contributed by atoms with E-state index in [1.807, 2.05) is 146 Å². The Morgan fingerprint density at radius 2 is 0.966 bits per heavy atom. The third-order valence-corrected chi connectivity index (χ3v) is 16.0. The third-order valence-electron chi connectivity index (χ3n) is 14.8. The first-order chi connectivity index (χ1) is 43.7. The second kappa shape index (κ2) is 33.3. The maximum absolute atomic E-state index is 13.9. The molecule has 20 heteroatoms. The Kier molecular flexibility index (Phi) is 24.4. The molecule has 1 unspecified atom stereocenters. The van der Waals surface area contributed by atoms with Gasteiger partial charge in [-0.1, -0.05) is 127 Å². The van der Waals surface area contributed by atoms with Gasteiger partial charge in [-0.15, -0.1) is 0 Å². The van der Waals surface area contributed by atoms with Crippen molar-refractivity contribution in [2.45, 2.75) is 42.5 Å². The summed E-state index contributed by atoms with van der Waals surface area (Å²) in [6.45, 7) is 1.99. The Morgan fingerprint density at radius 1 is 0.551 bits per heavy atom. The number of nitrogens with one attached hydrogen (secondary N) is 1. The molecule has 19 nitrogen and oxygen atoms in total. The molecule has 0 spiro atoms. The minimum absolute atomic E-state index is 0.0219. The summed E-state index contributed by atoms with van der Waals surface area (Å²) in [5.41, 5.74) is 2.75. The molecule has 1 aliphatic rings. The predicted octanol–water partition coefficient (Wildman–Crippen LogP) is 11.4. The van der Waals surface area contributed by atoms with Gasteiger partial charge in [0.15, 0.2) is 0 Å². The van der Waals surface area contributed by atoms with Gasteiger partial charge in [-0.05, 0) is 100 Å². The van der Waals surface area contributed by atoms with Crippen LogP contribution in [-0.2, 0) is 53.2 Å². The molecule has 1 amide bonds. The minimum Gasteiger partial charge on any atom is -0.497 e. The number of hydrogen-bond acceptors (Lipinski definition) is 17. The zero-order valence-electron chi connectivity index (χ0n) is 50.2. The lowest BCUT2D eigenvalue weighted by atomic mass is 9.80. The first kappa shape index (κ1) is 65.1. The molecule has 1 aliphatic heterocycles. The highest BCUT2D eigenvalue weighted by atomic mass is 31.2. The molecule has 0 radical (unpaired) electrons. The van der Waals surface area contributed by atoms with Crippen molar-refractivity contribution in [2.75, 3.05) is 99.8 Å². The van der Waals surface area contributed by atoms with Crippen LogP contribution in [0.15, 0.2) is 205 Å². The van der Waals surface area contributed by atoms with Crippen LogP contribution < -0.4 is 30.0 Å². The summed E-state index contributed by atoms with van der Waals surface area (Å²) >= 11 is 0. The van der Waals surface area contributed by atoms with E-state index in [0.29, 0.717) is 43.5 Å². The number of hydrogen-bond donors (Lipinski definition) is 1. The molecule has 1 N–H and O–H groups in total. The number of rotatable bonds is 35. The lowest BCUT2D eigenvalue weighted by Crippen LogP contribution is -2.38. The Balaban J connectivity index is 0.832. The van der Waals surface area contributed by atoms with Gasteiger partial charge in [0.2, 0.25) is 0 Å². The topological polar surface area (TPSA) is 208 Å². The van der Waals surface area contributed by atoms with Crippen molar-refractivity contribution >= 4 is 20.3 Å². The SMILES string of the molecule is COc1ccc(C(OCCOCCOCCOCCOP(OCCC#N)O[C@H]2C[C@H](n3ccc(NC(=O)c4ccccc4)nc3=O)O[C@@H]2COC(c2ccccc2)(c2ccc(OC)cc2)c2ccc(OC)cc2)(c2ccccc2)c2ccc(OC)cc2)cc1. The van der Waals surface area contributed by atoms with E-state index in [1.165, 1.54) is 16.8 Å². The van der Waals surface area contributed by atoms with Crippen molar-refractivity contribution in [1.82, 2.24) is 9.55 Å². The van der Waals surface area contributed by atoms with Crippen LogP contribution in [0.1, 0.15) is 62.8 Å². The summed E-state index contributed by atoms with van der Waals surface area (Å²) in [6, 6.07) is 63.2. The Labute approximate surface area is 519 Å². The smallest absolute Gasteiger partial charge is 0.351 e. The van der Waals surface area contributed by atoms with Gasteiger partial charge in [-0.25, -0.2) is 4.79 Å². The van der Waals surface area contributed by atoms with Gasteiger partial charge >= 0.3 is 14.3 Å². The molecule has 1 saturated heterocycles. The maximum Gasteiger partial charge on any atom is 0.351 e. The van der Waals surface area contributed by atoms with Gasteiger partial charge in [-0.3, -0.25) is 9.36 Å². The molecule has 89 heavy (non-hydrogen) atoms. The lowest BCUT2D eigenvalue weighted by Gasteiger charge is -2.37. The molecule has 0 bridgehead atoms.